The highest BCUT2D eigenvalue weighted by Crippen LogP contribution is 2.40. The number of hydrogen-bond acceptors (Lipinski definition) is 12. The van der Waals surface area contributed by atoms with Crippen LogP contribution in [0.3, 0.4) is 0 Å². The average Bonchev–Trinajstić information content (AvgIpc) is 3.60. The number of carbonyl (C=O) groups excluding carboxylic acids is 2. The Hall–Kier alpha value is -4.07. The largest absolute Gasteiger partial charge is 0.696 e. The topological polar surface area (TPSA) is 188 Å². The van der Waals surface area contributed by atoms with E-state index in [9.17, 15) is 19.5 Å². The van der Waals surface area contributed by atoms with Crippen molar-refractivity contribution >= 4 is 64.6 Å². The minimum absolute atomic E-state index is 0.00908. The van der Waals surface area contributed by atoms with Crippen LogP contribution in [0.15, 0.2) is 59.2 Å². The SMILES string of the molecule is N#C[S-].Nc1nc(/C(=N/OC2C=CCC2)C(=O)NC2C(=O)N3C(C(=O)O)=C(C[n+]4ccccc4)CS[C@H]23)ns1. The number of rotatable bonds is 8. The van der Waals surface area contributed by atoms with Gasteiger partial charge < -0.3 is 33.6 Å². The van der Waals surface area contributed by atoms with E-state index in [4.69, 9.17) is 15.8 Å². The molecule has 0 saturated carbocycles. The van der Waals surface area contributed by atoms with Crippen LogP contribution in [0.4, 0.5) is 5.13 Å². The van der Waals surface area contributed by atoms with Crippen LogP contribution in [-0.4, -0.2) is 66.1 Å². The van der Waals surface area contributed by atoms with E-state index in [1.54, 1.807) is 0 Å². The van der Waals surface area contributed by atoms with Crippen molar-refractivity contribution in [2.45, 2.75) is 36.9 Å². The maximum Gasteiger partial charge on any atom is 0.352 e. The average molecular weight is 587 g/mol. The zero-order chi connectivity index (χ0) is 27.9. The van der Waals surface area contributed by atoms with Crippen molar-refractivity contribution < 1.29 is 28.9 Å². The summed E-state index contributed by atoms with van der Waals surface area (Å²) in [6.07, 6.45) is 8.76. The number of nitriles is 1. The monoisotopic (exact) mass is 586 g/mol. The molecule has 1 saturated heterocycles. The van der Waals surface area contributed by atoms with E-state index in [1.165, 1.54) is 22.1 Å². The normalized spacial score (nSPS) is 21.7. The predicted octanol–water partition coefficient (Wildman–Crippen LogP) is 0.300. The third-order valence-electron chi connectivity index (χ3n) is 5.80. The van der Waals surface area contributed by atoms with Crippen molar-refractivity contribution in [3.8, 4) is 5.40 Å². The summed E-state index contributed by atoms with van der Waals surface area (Å²) in [7, 11) is 0. The summed E-state index contributed by atoms with van der Waals surface area (Å²) in [5.41, 5.74) is 6.03. The number of amides is 2. The summed E-state index contributed by atoms with van der Waals surface area (Å²) in [6.45, 7) is 0.337. The molecular weight excluding hydrogens is 565 g/mol. The van der Waals surface area contributed by atoms with Gasteiger partial charge in [0.2, 0.25) is 11.5 Å². The molecule has 0 aromatic carbocycles. The van der Waals surface area contributed by atoms with Crippen LogP contribution in [0.2, 0.25) is 0 Å². The first-order chi connectivity index (χ1) is 18.8. The summed E-state index contributed by atoms with van der Waals surface area (Å²) in [5.74, 6) is -2.03. The molecule has 16 heteroatoms. The van der Waals surface area contributed by atoms with E-state index in [0.29, 0.717) is 17.9 Å². The van der Waals surface area contributed by atoms with Gasteiger partial charge in [-0.05, 0) is 18.9 Å². The number of nitrogen functional groups attached to an aromatic ring is 1. The number of aromatic nitrogens is 3. The van der Waals surface area contributed by atoms with E-state index >= 15 is 0 Å². The smallest absolute Gasteiger partial charge is 0.352 e. The fourth-order valence-electron chi connectivity index (χ4n) is 4.10. The Morgan fingerprint density at radius 1 is 1.38 bits per heavy atom. The van der Waals surface area contributed by atoms with E-state index in [1.807, 2.05) is 47.3 Å². The molecule has 39 heavy (non-hydrogen) atoms. The van der Waals surface area contributed by atoms with Crippen molar-refractivity contribution in [2.75, 3.05) is 11.5 Å². The number of thioether (sulfide) groups is 1. The van der Waals surface area contributed by atoms with Gasteiger partial charge in [-0.15, -0.1) is 11.8 Å². The van der Waals surface area contributed by atoms with Gasteiger partial charge in [0.05, 0.1) is 0 Å². The Labute approximate surface area is 236 Å². The van der Waals surface area contributed by atoms with Crippen LogP contribution in [0.1, 0.15) is 18.7 Å². The van der Waals surface area contributed by atoms with Crippen LogP contribution in [0, 0.1) is 10.7 Å². The summed E-state index contributed by atoms with van der Waals surface area (Å²) in [5, 5.41) is 24.6. The molecule has 4 heterocycles. The number of β-lactam (4-membered cyclic amide) rings is 1. The zero-order valence-electron chi connectivity index (χ0n) is 20.2. The molecule has 2 aromatic rings. The Balaban J connectivity index is 0.00000112. The molecule has 3 aliphatic rings. The molecule has 3 atom stereocenters. The Morgan fingerprint density at radius 2 is 2.13 bits per heavy atom. The molecule has 0 spiro atoms. The lowest BCUT2D eigenvalue weighted by Gasteiger charge is -2.49. The Kier molecular flexibility index (Phi) is 9.07. The molecule has 2 unspecified atom stereocenters. The van der Waals surface area contributed by atoms with Gasteiger partial charge in [0.25, 0.3) is 11.8 Å². The molecule has 1 aliphatic carbocycles. The highest BCUT2D eigenvalue weighted by molar-refractivity contribution is 8.00. The number of nitrogens with zero attached hydrogens (tertiary/aromatic N) is 6. The standard InChI is InChI=1S/C22H21N7O5S2.CHNS/c23-22-25-17(27-36-22)14(26-34-13-6-2-3-7-13)18(30)24-15-19(31)29-16(21(32)33)12(11-35-20(15)29)10-28-8-4-1-5-9-28;2-1-3/h1-2,4-6,8-9,13,15,20H,3,7,10-11H2,(H3-,23,24,25,27,30,32,33);3H/b26-14-;/t13?,15?,20-;/m1./s1. The molecule has 202 valence electrons. The first kappa shape index (κ1) is 28.0. The van der Waals surface area contributed by atoms with Crippen LogP contribution in [0.5, 0.6) is 0 Å². The molecule has 2 amide bonds. The fraction of sp³-hybridized carbons (Fsp3) is 0.304. The van der Waals surface area contributed by atoms with Crippen LogP contribution in [-0.2, 0) is 38.4 Å². The molecule has 0 radical (unpaired) electrons. The summed E-state index contributed by atoms with van der Waals surface area (Å²) in [6, 6.07) is 4.62. The molecule has 4 N–H and O–H groups in total. The number of carboxylic acids is 1. The van der Waals surface area contributed by atoms with Crippen molar-refractivity contribution in [1.82, 2.24) is 19.6 Å². The number of nitrogens with one attached hydrogen (secondary N) is 1. The quantitative estimate of drug-likeness (QED) is 0.0734. The second-order valence-corrected chi connectivity index (χ2v) is 10.4. The van der Waals surface area contributed by atoms with Crippen molar-refractivity contribution in [3.05, 3.63) is 59.8 Å². The van der Waals surface area contributed by atoms with Crippen molar-refractivity contribution in [1.29, 1.82) is 5.26 Å². The van der Waals surface area contributed by atoms with E-state index in [2.05, 4.69) is 32.5 Å². The van der Waals surface area contributed by atoms with Crippen molar-refractivity contribution in [3.63, 3.8) is 0 Å². The third-order valence-corrected chi connectivity index (χ3v) is 7.69. The number of carboxylic acid groups (broad SMARTS) is 1. The lowest BCUT2D eigenvalue weighted by molar-refractivity contribution is -0.689. The van der Waals surface area contributed by atoms with Gasteiger partial charge in [0, 0.05) is 35.0 Å². The molecule has 13 nitrogen and oxygen atoms in total. The zero-order valence-corrected chi connectivity index (χ0v) is 22.6. The number of allylic oxidation sites excluding steroid dienone is 1. The maximum absolute atomic E-state index is 13.1. The van der Waals surface area contributed by atoms with Gasteiger partial charge in [-0.2, -0.15) is 9.36 Å². The maximum atomic E-state index is 13.1. The number of nitrogens with two attached hydrogens (primary N) is 1. The molecule has 0 bridgehead atoms. The van der Waals surface area contributed by atoms with Gasteiger partial charge in [-0.25, -0.2) is 14.6 Å². The lowest BCUT2D eigenvalue weighted by atomic mass is 10.0. The lowest BCUT2D eigenvalue weighted by Crippen LogP contribution is -2.71. The van der Waals surface area contributed by atoms with Crippen LogP contribution < -0.4 is 15.6 Å². The van der Waals surface area contributed by atoms with E-state index in [-0.39, 0.29) is 28.5 Å². The predicted molar refractivity (Wildman–Crippen MR) is 143 cm³/mol. The summed E-state index contributed by atoms with van der Waals surface area (Å²) >= 11 is 5.99. The third kappa shape index (κ3) is 6.33. The van der Waals surface area contributed by atoms with Gasteiger partial charge in [0.15, 0.2) is 24.1 Å². The number of thiocyanates is 1. The number of fused-ring (bicyclic) bond motifs is 1. The number of anilines is 1. The molecule has 2 aromatic heterocycles. The van der Waals surface area contributed by atoms with Gasteiger partial charge in [-0.3, -0.25) is 14.5 Å². The molecule has 2 aliphatic heterocycles. The van der Waals surface area contributed by atoms with E-state index < -0.39 is 29.2 Å². The van der Waals surface area contributed by atoms with Crippen molar-refractivity contribution in [2.24, 2.45) is 5.16 Å². The number of oxime groups is 1. The van der Waals surface area contributed by atoms with Gasteiger partial charge >= 0.3 is 5.97 Å². The number of pyridine rings is 1. The molecular formula is C23H22N8O5S3. The minimum atomic E-state index is -1.19. The highest BCUT2D eigenvalue weighted by Gasteiger charge is 2.54. The molecule has 5 rings (SSSR count). The molecule has 1 fully saturated rings. The minimum Gasteiger partial charge on any atom is -0.696 e. The highest BCUT2D eigenvalue weighted by atomic mass is 32.2. The Bertz CT molecular complexity index is 1390. The number of aliphatic carboxylic acids is 1. The Morgan fingerprint density at radius 3 is 2.74 bits per heavy atom. The second-order valence-electron chi connectivity index (χ2n) is 8.30. The first-order valence-corrected chi connectivity index (χ1v) is 13.7. The number of carbonyl (C=O) groups is 3. The fourth-order valence-corrected chi connectivity index (χ4v) is 5.87. The summed E-state index contributed by atoms with van der Waals surface area (Å²) < 4.78 is 5.89. The van der Waals surface area contributed by atoms with Crippen LogP contribution >= 0.6 is 23.3 Å². The first-order valence-electron chi connectivity index (χ1n) is 11.5. The summed E-state index contributed by atoms with van der Waals surface area (Å²) in [4.78, 5) is 49.0. The van der Waals surface area contributed by atoms with Gasteiger partial charge in [-0.1, -0.05) is 22.7 Å². The van der Waals surface area contributed by atoms with Gasteiger partial charge in [0.1, 0.15) is 23.2 Å². The van der Waals surface area contributed by atoms with E-state index in [0.717, 1.165) is 24.4 Å². The van der Waals surface area contributed by atoms with Crippen LogP contribution in [0.25, 0.3) is 0 Å². The second kappa shape index (κ2) is 12.7. The number of hydrogen-bond donors (Lipinski definition) is 3.